The van der Waals surface area contributed by atoms with E-state index >= 15 is 0 Å². The minimum absolute atomic E-state index is 0.267. The molecule has 1 aromatic heterocycles. The Labute approximate surface area is 139 Å². The molecule has 122 valence electrons. The number of aryl methyl sites for hydroxylation is 1. The molecule has 1 amide bonds. The topological polar surface area (TPSA) is 64.0 Å². The van der Waals surface area contributed by atoms with Crippen molar-refractivity contribution in [2.75, 3.05) is 5.32 Å². The van der Waals surface area contributed by atoms with E-state index in [1.807, 2.05) is 44.2 Å². The number of hydrogen-bond donors (Lipinski definition) is 1. The number of carbonyl (C=O) groups excluding carboxylic acids is 1. The quantitative estimate of drug-likeness (QED) is 0.805. The van der Waals surface area contributed by atoms with Gasteiger partial charge in [-0.05, 0) is 44.0 Å². The van der Waals surface area contributed by atoms with Crippen LogP contribution in [0.4, 0.5) is 5.69 Å². The highest BCUT2D eigenvalue weighted by Crippen LogP contribution is 2.19. The van der Waals surface area contributed by atoms with Gasteiger partial charge in [0.15, 0.2) is 0 Å². The molecule has 0 spiro atoms. The fourth-order valence-electron chi connectivity index (χ4n) is 2.62. The number of rotatable bonds is 3. The summed E-state index contributed by atoms with van der Waals surface area (Å²) in [5, 5.41) is 8.36. The first-order valence-electron chi connectivity index (χ1n) is 7.82. The van der Waals surface area contributed by atoms with Crippen molar-refractivity contribution in [3.05, 3.63) is 70.1 Å². The molecular formula is C19H19N3O2. The zero-order chi connectivity index (χ0) is 17.3. The summed E-state index contributed by atoms with van der Waals surface area (Å²) in [6.45, 7) is 5.61. The van der Waals surface area contributed by atoms with E-state index in [9.17, 15) is 9.59 Å². The number of anilines is 1. The summed E-state index contributed by atoms with van der Waals surface area (Å²) in [5.74, 6) is -0.270. The smallest absolute Gasteiger partial charge is 0.275 e. The van der Waals surface area contributed by atoms with Gasteiger partial charge in [0.1, 0.15) is 6.04 Å². The van der Waals surface area contributed by atoms with Crippen molar-refractivity contribution in [1.82, 2.24) is 9.78 Å². The lowest BCUT2D eigenvalue weighted by Crippen LogP contribution is -2.33. The minimum atomic E-state index is -0.706. The van der Waals surface area contributed by atoms with E-state index in [4.69, 9.17) is 0 Å². The van der Waals surface area contributed by atoms with E-state index in [0.717, 1.165) is 22.2 Å². The molecule has 0 radical (unpaired) electrons. The van der Waals surface area contributed by atoms with E-state index in [0.29, 0.717) is 5.39 Å². The molecule has 1 N–H and O–H groups in total. The second kappa shape index (κ2) is 6.28. The van der Waals surface area contributed by atoms with Gasteiger partial charge in [-0.2, -0.15) is 5.10 Å². The van der Waals surface area contributed by atoms with Crippen LogP contribution >= 0.6 is 0 Å². The maximum absolute atomic E-state index is 12.6. The third-order valence-electron chi connectivity index (χ3n) is 4.33. The van der Waals surface area contributed by atoms with Gasteiger partial charge in [0.2, 0.25) is 5.91 Å². The lowest BCUT2D eigenvalue weighted by Gasteiger charge is -2.16. The molecule has 3 aromatic rings. The molecule has 1 heterocycles. The van der Waals surface area contributed by atoms with Gasteiger partial charge in [0, 0.05) is 11.1 Å². The highest BCUT2D eigenvalue weighted by molar-refractivity contribution is 5.94. The summed E-state index contributed by atoms with van der Waals surface area (Å²) in [7, 11) is 0. The number of fused-ring (bicyclic) bond motifs is 1. The number of amides is 1. The fourth-order valence-corrected chi connectivity index (χ4v) is 2.62. The molecule has 3 rings (SSSR count). The second-order valence-electron chi connectivity index (χ2n) is 5.89. The Morgan fingerprint density at radius 1 is 1.12 bits per heavy atom. The third-order valence-corrected chi connectivity index (χ3v) is 4.33. The van der Waals surface area contributed by atoms with Gasteiger partial charge >= 0.3 is 0 Å². The Bertz CT molecular complexity index is 976. The van der Waals surface area contributed by atoms with E-state index in [2.05, 4.69) is 10.4 Å². The van der Waals surface area contributed by atoms with E-state index < -0.39 is 6.04 Å². The van der Waals surface area contributed by atoms with Gasteiger partial charge < -0.3 is 5.32 Å². The Morgan fingerprint density at radius 2 is 1.88 bits per heavy atom. The molecule has 24 heavy (non-hydrogen) atoms. The zero-order valence-corrected chi connectivity index (χ0v) is 13.9. The molecule has 0 saturated carbocycles. The van der Waals surface area contributed by atoms with Gasteiger partial charge in [0.05, 0.1) is 11.6 Å². The molecule has 2 aromatic carbocycles. The number of nitrogens with zero attached hydrogens (tertiary/aromatic N) is 2. The largest absolute Gasteiger partial charge is 0.324 e. The standard InChI is InChI=1S/C19H19N3O2/c1-12-7-6-10-17(13(12)2)21-18(23)14(3)22-19(24)16-9-5-4-8-15(16)11-20-22/h4-11,14H,1-3H3,(H,21,23)/t14-/m0/s1. The van der Waals surface area contributed by atoms with Crippen molar-refractivity contribution in [3.8, 4) is 0 Å². The van der Waals surface area contributed by atoms with Gasteiger partial charge in [-0.3, -0.25) is 9.59 Å². The van der Waals surface area contributed by atoms with Crippen LogP contribution in [0.3, 0.4) is 0 Å². The van der Waals surface area contributed by atoms with Crippen molar-refractivity contribution in [3.63, 3.8) is 0 Å². The van der Waals surface area contributed by atoms with Crippen LogP contribution in [0.1, 0.15) is 24.1 Å². The molecule has 0 unspecified atom stereocenters. The van der Waals surface area contributed by atoms with Crippen molar-refractivity contribution >= 4 is 22.4 Å². The van der Waals surface area contributed by atoms with Crippen LogP contribution in [0.2, 0.25) is 0 Å². The molecular weight excluding hydrogens is 302 g/mol. The number of nitrogens with one attached hydrogen (secondary N) is 1. The summed E-state index contributed by atoms with van der Waals surface area (Å²) in [6.07, 6.45) is 1.61. The lowest BCUT2D eigenvalue weighted by molar-refractivity contribution is -0.119. The summed E-state index contributed by atoms with van der Waals surface area (Å²) in [4.78, 5) is 25.1. The highest BCUT2D eigenvalue weighted by atomic mass is 16.2. The Kier molecular flexibility index (Phi) is 4.16. The molecule has 1 atom stereocenters. The average Bonchev–Trinajstić information content (AvgIpc) is 2.59. The normalized spacial score (nSPS) is 12.1. The fraction of sp³-hybridized carbons (Fsp3) is 0.211. The molecule has 0 aliphatic rings. The monoisotopic (exact) mass is 321 g/mol. The van der Waals surface area contributed by atoms with Crippen molar-refractivity contribution in [2.24, 2.45) is 0 Å². The molecule has 0 saturated heterocycles. The van der Waals surface area contributed by atoms with Crippen LogP contribution in [0.25, 0.3) is 10.8 Å². The van der Waals surface area contributed by atoms with Crippen LogP contribution in [0.15, 0.2) is 53.5 Å². The maximum Gasteiger partial charge on any atom is 0.275 e. The third kappa shape index (κ3) is 2.80. The highest BCUT2D eigenvalue weighted by Gasteiger charge is 2.19. The lowest BCUT2D eigenvalue weighted by atomic mass is 10.1. The van der Waals surface area contributed by atoms with Gasteiger partial charge in [-0.1, -0.05) is 30.3 Å². The predicted molar refractivity (Wildman–Crippen MR) is 95.3 cm³/mol. The summed E-state index contributed by atoms with van der Waals surface area (Å²) >= 11 is 0. The SMILES string of the molecule is Cc1cccc(NC(=O)[C@H](C)n2ncc3ccccc3c2=O)c1C. The van der Waals surface area contributed by atoms with Gasteiger partial charge in [0.25, 0.3) is 5.56 Å². The first-order chi connectivity index (χ1) is 11.5. The van der Waals surface area contributed by atoms with Crippen LogP contribution < -0.4 is 10.9 Å². The number of hydrogen-bond acceptors (Lipinski definition) is 3. The first kappa shape index (κ1) is 15.9. The number of aromatic nitrogens is 2. The second-order valence-corrected chi connectivity index (χ2v) is 5.89. The summed E-state index contributed by atoms with van der Waals surface area (Å²) in [6, 6.07) is 12.2. The first-order valence-corrected chi connectivity index (χ1v) is 7.82. The Hall–Kier alpha value is -2.95. The summed E-state index contributed by atoms with van der Waals surface area (Å²) in [5.41, 5.74) is 2.59. The number of carbonyl (C=O) groups is 1. The van der Waals surface area contributed by atoms with Crippen molar-refractivity contribution in [1.29, 1.82) is 0 Å². The van der Waals surface area contributed by atoms with Crippen LogP contribution in [-0.2, 0) is 4.79 Å². The molecule has 0 aliphatic heterocycles. The van der Waals surface area contributed by atoms with Crippen molar-refractivity contribution in [2.45, 2.75) is 26.8 Å². The molecule has 0 bridgehead atoms. The minimum Gasteiger partial charge on any atom is -0.324 e. The molecule has 0 aliphatic carbocycles. The molecule has 5 nitrogen and oxygen atoms in total. The van der Waals surface area contributed by atoms with Gasteiger partial charge in [-0.15, -0.1) is 0 Å². The van der Waals surface area contributed by atoms with Crippen LogP contribution in [-0.4, -0.2) is 15.7 Å². The van der Waals surface area contributed by atoms with Crippen molar-refractivity contribution < 1.29 is 4.79 Å². The average molecular weight is 321 g/mol. The predicted octanol–water partition coefficient (Wildman–Crippen LogP) is 3.21. The van der Waals surface area contributed by atoms with E-state index in [-0.39, 0.29) is 11.5 Å². The number of benzene rings is 2. The van der Waals surface area contributed by atoms with Gasteiger partial charge in [-0.25, -0.2) is 4.68 Å². The molecule has 0 fully saturated rings. The maximum atomic E-state index is 12.6. The Balaban J connectivity index is 1.93. The Morgan fingerprint density at radius 3 is 2.67 bits per heavy atom. The zero-order valence-electron chi connectivity index (χ0n) is 13.9. The van der Waals surface area contributed by atoms with E-state index in [1.54, 1.807) is 25.3 Å². The summed E-state index contributed by atoms with van der Waals surface area (Å²) < 4.78 is 1.22. The molecule has 5 heteroatoms. The van der Waals surface area contributed by atoms with Crippen LogP contribution in [0.5, 0.6) is 0 Å². The van der Waals surface area contributed by atoms with E-state index in [1.165, 1.54) is 4.68 Å². The van der Waals surface area contributed by atoms with Crippen LogP contribution in [0, 0.1) is 13.8 Å².